The standard InChI is InChI=1S/C11H24N2/c1-12-6-3-9-13(2,10-4-7-12)11-5-8-12/h3-11H2,1-2H3/q+2. The minimum absolute atomic E-state index is 1.36. The summed E-state index contributed by atoms with van der Waals surface area (Å²) in [5, 5.41) is 0. The number of hydrogen-bond donors (Lipinski definition) is 0. The van der Waals surface area contributed by atoms with Gasteiger partial charge in [0.15, 0.2) is 0 Å². The SMILES string of the molecule is C[N+]12CCC[N+](C)(CCC1)CCC2. The van der Waals surface area contributed by atoms with Gasteiger partial charge in [0.25, 0.3) is 0 Å². The minimum atomic E-state index is 1.36. The molecule has 3 saturated heterocycles. The van der Waals surface area contributed by atoms with Gasteiger partial charge in [0.1, 0.15) is 0 Å². The Morgan fingerprint density at radius 3 is 1.00 bits per heavy atom. The minimum Gasteiger partial charge on any atom is -0.325 e. The predicted octanol–water partition coefficient (Wildman–Crippen LogP) is 1.08. The molecule has 3 fully saturated rings. The van der Waals surface area contributed by atoms with E-state index in [-0.39, 0.29) is 0 Å². The monoisotopic (exact) mass is 184 g/mol. The molecule has 3 aliphatic rings. The third kappa shape index (κ3) is 2.05. The maximum atomic E-state index is 2.46. The molecular weight excluding hydrogens is 160 g/mol. The lowest BCUT2D eigenvalue weighted by Crippen LogP contribution is -2.58. The maximum Gasteiger partial charge on any atom is 0.0839 e. The van der Waals surface area contributed by atoms with E-state index in [1.807, 2.05) is 0 Å². The van der Waals surface area contributed by atoms with E-state index >= 15 is 0 Å². The van der Waals surface area contributed by atoms with Crippen LogP contribution < -0.4 is 0 Å². The van der Waals surface area contributed by atoms with E-state index in [0.29, 0.717) is 0 Å². The Kier molecular flexibility index (Phi) is 2.37. The van der Waals surface area contributed by atoms with Crippen LogP contribution in [0, 0.1) is 0 Å². The van der Waals surface area contributed by atoms with Crippen molar-refractivity contribution in [3.63, 3.8) is 0 Å². The topological polar surface area (TPSA) is 0 Å². The summed E-state index contributed by atoms with van der Waals surface area (Å²) in [6.07, 6.45) is 4.31. The molecule has 0 atom stereocenters. The lowest BCUT2D eigenvalue weighted by Gasteiger charge is -2.45. The van der Waals surface area contributed by atoms with Crippen LogP contribution in [0.25, 0.3) is 0 Å². The van der Waals surface area contributed by atoms with Crippen molar-refractivity contribution in [2.45, 2.75) is 19.3 Å². The Balaban J connectivity index is 2.12. The fraction of sp³-hybridized carbons (Fsp3) is 1.00. The molecule has 0 spiro atoms. The highest BCUT2D eigenvalue weighted by molar-refractivity contribution is 4.55. The van der Waals surface area contributed by atoms with Crippen LogP contribution in [-0.4, -0.2) is 62.3 Å². The summed E-state index contributed by atoms with van der Waals surface area (Å²) < 4.78 is 2.72. The van der Waals surface area contributed by atoms with E-state index in [0.717, 1.165) is 0 Å². The van der Waals surface area contributed by atoms with Gasteiger partial charge < -0.3 is 8.97 Å². The van der Waals surface area contributed by atoms with Gasteiger partial charge in [-0.3, -0.25) is 0 Å². The van der Waals surface area contributed by atoms with Crippen molar-refractivity contribution in [3.8, 4) is 0 Å². The fourth-order valence-electron chi connectivity index (χ4n) is 3.17. The molecule has 2 heteroatoms. The normalized spacial score (nSPS) is 46.6. The van der Waals surface area contributed by atoms with E-state index in [2.05, 4.69) is 14.1 Å². The molecule has 0 radical (unpaired) electrons. The number of rotatable bonds is 0. The van der Waals surface area contributed by atoms with Crippen LogP contribution in [0.1, 0.15) is 19.3 Å². The first-order valence-corrected chi connectivity index (χ1v) is 5.79. The summed E-state index contributed by atoms with van der Waals surface area (Å²) in [7, 11) is 4.92. The molecule has 0 amide bonds. The van der Waals surface area contributed by atoms with Crippen LogP contribution in [0.15, 0.2) is 0 Å². The second-order valence-electron chi connectivity index (χ2n) is 5.64. The van der Waals surface area contributed by atoms with Gasteiger partial charge in [-0.1, -0.05) is 0 Å². The van der Waals surface area contributed by atoms with Crippen molar-refractivity contribution >= 4 is 0 Å². The first-order valence-electron chi connectivity index (χ1n) is 5.79. The van der Waals surface area contributed by atoms with Crippen molar-refractivity contribution in [1.29, 1.82) is 0 Å². The van der Waals surface area contributed by atoms with E-state index in [1.165, 1.54) is 67.5 Å². The molecule has 13 heavy (non-hydrogen) atoms. The lowest BCUT2D eigenvalue weighted by molar-refractivity contribution is -0.963. The molecule has 0 N–H and O–H groups in total. The molecule has 0 aliphatic carbocycles. The average Bonchev–Trinajstić information content (AvgIpc) is 1.98. The van der Waals surface area contributed by atoms with E-state index in [4.69, 9.17) is 0 Å². The Hall–Kier alpha value is -0.0800. The fourth-order valence-corrected chi connectivity index (χ4v) is 3.17. The number of quaternary nitrogens is 2. The molecule has 0 aromatic carbocycles. The third-order valence-electron chi connectivity index (χ3n) is 4.19. The van der Waals surface area contributed by atoms with Crippen molar-refractivity contribution in [1.82, 2.24) is 0 Å². The lowest BCUT2D eigenvalue weighted by atomic mass is 10.1. The van der Waals surface area contributed by atoms with Gasteiger partial charge in [-0.05, 0) is 0 Å². The van der Waals surface area contributed by atoms with Crippen LogP contribution in [0.4, 0.5) is 0 Å². The zero-order valence-corrected chi connectivity index (χ0v) is 9.26. The molecular formula is C11H24N2+2. The van der Waals surface area contributed by atoms with E-state index < -0.39 is 0 Å². The largest absolute Gasteiger partial charge is 0.325 e. The second-order valence-corrected chi connectivity index (χ2v) is 5.64. The molecule has 2 bridgehead atoms. The Labute approximate surface area is 82.3 Å². The molecule has 0 aromatic rings. The molecule has 0 aromatic heterocycles. The molecule has 3 aliphatic heterocycles. The average molecular weight is 184 g/mol. The number of nitrogens with zero attached hydrogens (tertiary/aromatic N) is 2. The van der Waals surface area contributed by atoms with Gasteiger partial charge in [0, 0.05) is 19.3 Å². The summed E-state index contributed by atoms with van der Waals surface area (Å²) in [5.74, 6) is 0. The second kappa shape index (κ2) is 3.25. The molecule has 76 valence electrons. The summed E-state index contributed by atoms with van der Waals surface area (Å²) in [4.78, 5) is 0. The van der Waals surface area contributed by atoms with Crippen molar-refractivity contribution < 1.29 is 8.97 Å². The van der Waals surface area contributed by atoms with Gasteiger partial charge in [-0.25, -0.2) is 0 Å². The molecule has 3 heterocycles. The smallest absolute Gasteiger partial charge is 0.0839 e. The first kappa shape index (κ1) is 9.47. The number of fused-ring (bicyclic) bond motifs is 6. The molecule has 0 unspecified atom stereocenters. The van der Waals surface area contributed by atoms with Crippen molar-refractivity contribution in [3.05, 3.63) is 0 Å². The summed E-state index contributed by atoms with van der Waals surface area (Å²) in [6.45, 7) is 8.55. The van der Waals surface area contributed by atoms with Crippen LogP contribution in [0.3, 0.4) is 0 Å². The zero-order valence-electron chi connectivity index (χ0n) is 9.26. The predicted molar refractivity (Wildman–Crippen MR) is 55.4 cm³/mol. The van der Waals surface area contributed by atoms with Gasteiger partial charge in [0.05, 0.1) is 53.4 Å². The van der Waals surface area contributed by atoms with Gasteiger partial charge in [-0.2, -0.15) is 0 Å². The summed E-state index contributed by atoms with van der Waals surface area (Å²) >= 11 is 0. The molecule has 3 rings (SSSR count). The van der Waals surface area contributed by atoms with Crippen LogP contribution in [-0.2, 0) is 0 Å². The maximum absolute atomic E-state index is 2.46. The highest BCUT2D eigenvalue weighted by Crippen LogP contribution is 2.20. The van der Waals surface area contributed by atoms with Gasteiger partial charge in [-0.15, -0.1) is 0 Å². The number of hydrogen-bond acceptors (Lipinski definition) is 0. The quantitative estimate of drug-likeness (QED) is 0.494. The van der Waals surface area contributed by atoms with Gasteiger partial charge in [0.2, 0.25) is 0 Å². The van der Waals surface area contributed by atoms with E-state index in [9.17, 15) is 0 Å². The van der Waals surface area contributed by atoms with Crippen molar-refractivity contribution in [2.24, 2.45) is 0 Å². The van der Waals surface area contributed by atoms with Crippen LogP contribution >= 0.6 is 0 Å². The third-order valence-corrected chi connectivity index (χ3v) is 4.19. The highest BCUT2D eigenvalue weighted by atomic mass is 15.4. The first-order chi connectivity index (χ1) is 6.12. The van der Waals surface area contributed by atoms with Crippen LogP contribution in [0.2, 0.25) is 0 Å². The zero-order chi connectivity index (χ0) is 9.36. The van der Waals surface area contributed by atoms with Crippen molar-refractivity contribution in [2.75, 3.05) is 53.4 Å². The summed E-state index contributed by atoms with van der Waals surface area (Å²) in [6, 6.07) is 0. The molecule has 2 nitrogen and oxygen atoms in total. The molecule has 0 saturated carbocycles. The summed E-state index contributed by atoms with van der Waals surface area (Å²) in [5.41, 5.74) is 0. The van der Waals surface area contributed by atoms with Gasteiger partial charge >= 0.3 is 0 Å². The van der Waals surface area contributed by atoms with Crippen LogP contribution in [0.5, 0.6) is 0 Å². The Bertz CT molecular complexity index is 141. The Morgan fingerprint density at radius 1 is 0.538 bits per heavy atom. The van der Waals surface area contributed by atoms with E-state index in [1.54, 1.807) is 0 Å². The highest BCUT2D eigenvalue weighted by Gasteiger charge is 2.33. The Morgan fingerprint density at radius 2 is 0.769 bits per heavy atom.